The number of urea groups is 1. The summed E-state index contributed by atoms with van der Waals surface area (Å²) in [5.41, 5.74) is 0.0555. The zero-order valence-corrected chi connectivity index (χ0v) is 16.3. The lowest BCUT2D eigenvalue weighted by atomic mass is 9.73. The highest BCUT2D eigenvalue weighted by molar-refractivity contribution is 9.10. The number of ether oxygens (including phenoxy) is 2. The largest absolute Gasteiger partial charge is 0.493 e. The second-order valence-corrected chi connectivity index (χ2v) is 7.59. The van der Waals surface area contributed by atoms with Crippen LogP contribution in [0.1, 0.15) is 38.2 Å². The van der Waals surface area contributed by atoms with Crippen molar-refractivity contribution < 1.29 is 19.1 Å². The van der Waals surface area contributed by atoms with Crippen LogP contribution in [0.5, 0.6) is 11.5 Å². The van der Waals surface area contributed by atoms with Gasteiger partial charge in [0.15, 0.2) is 11.5 Å². The van der Waals surface area contributed by atoms with Crippen molar-refractivity contribution >= 4 is 27.9 Å². The van der Waals surface area contributed by atoms with Crippen molar-refractivity contribution in [2.75, 3.05) is 14.2 Å². The SMILES string of the molecule is COc1cc(Br)c(CN2C(=O)N[C@@]3(CCCC[C@@H]3C)C2=O)cc1OC. The first kappa shape index (κ1) is 18.0. The average Bonchev–Trinajstić information content (AvgIpc) is 2.83. The Labute approximate surface area is 156 Å². The number of benzene rings is 1. The molecule has 3 amide bonds. The molecular weight excluding hydrogens is 388 g/mol. The Morgan fingerprint density at radius 2 is 1.92 bits per heavy atom. The van der Waals surface area contributed by atoms with Gasteiger partial charge in [0.25, 0.3) is 5.91 Å². The number of hydrogen-bond donors (Lipinski definition) is 1. The predicted octanol–water partition coefficient (Wildman–Crippen LogP) is 3.47. The molecule has 2 atom stereocenters. The molecule has 0 unspecified atom stereocenters. The van der Waals surface area contributed by atoms with Crippen molar-refractivity contribution in [1.29, 1.82) is 0 Å². The first-order valence-corrected chi connectivity index (χ1v) is 9.26. The van der Waals surface area contributed by atoms with Crippen LogP contribution in [-0.2, 0) is 11.3 Å². The van der Waals surface area contributed by atoms with Crippen LogP contribution in [0.3, 0.4) is 0 Å². The van der Waals surface area contributed by atoms with E-state index < -0.39 is 5.54 Å². The summed E-state index contributed by atoms with van der Waals surface area (Å²) in [6.45, 7) is 2.24. The van der Waals surface area contributed by atoms with Gasteiger partial charge in [-0.3, -0.25) is 9.69 Å². The Morgan fingerprint density at radius 1 is 1.24 bits per heavy atom. The van der Waals surface area contributed by atoms with Gasteiger partial charge in [0, 0.05) is 4.47 Å². The molecule has 6 nitrogen and oxygen atoms in total. The summed E-state index contributed by atoms with van der Waals surface area (Å²) in [6.07, 6.45) is 3.74. The molecule has 2 aliphatic rings. The highest BCUT2D eigenvalue weighted by Crippen LogP contribution is 2.40. The van der Waals surface area contributed by atoms with Gasteiger partial charge in [-0.15, -0.1) is 0 Å². The summed E-state index contributed by atoms with van der Waals surface area (Å²) >= 11 is 3.49. The van der Waals surface area contributed by atoms with Crippen molar-refractivity contribution in [3.05, 3.63) is 22.2 Å². The molecule has 7 heteroatoms. The number of carbonyl (C=O) groups is 2. The van der Waals surface area contributed by atoms with E-state index >= 15 is 0 Å². The fraction of sp³-hybridized carbons (Fsp3) is 0.556. The lowest BCUT2D eigenvalue weighted by molar-refractivity contribution is -0.134. The van der Waals surface area contributed by atoms with E-state index in [-0.39, 0.29) is 24.4 Å². The van der Waals surface area contributed by atoms with Crippen molar-refractivity contribution in [1.82, 2.24) is 10.2 Å². The number of imide groups is 1. The van der Waals surface area contributed by atoms with Crippen molar-refractivity contribution in [2.45, 2.75) is 44.7 Å². The lowest BCUT2D eigenvalue weighted by Gasteiger charge is -2.36. The normalized spacial score (nSPS) is 26.1. The Hall–Kier alpha value is -1.76. The molecule has 1 heterocycles. The molecule has 0 bridgehead atoms. The van der Waals surface area contributed by atoms with Gasteiger partial charge in [-0.25, -0.2) is 4.79 Å². The fourth-order valence-corrected chi connectivity index (χ4v) is 4.27. The van der Waals surface area contributed by atoms with Crippen LogP contribution in [0.4, 0.5) is 4.79 Å². The number of halogens is 1. The van der Waals surface area contributed by atoms with Gasteiger partial charge >= 0.3 is 6.03 Å². The number of hydrogen-bond acceptors (Lipinski definition) is 4. The zero-order valence-electron chi connectivity index (χ0n) is 14.7. The molecule has 2 fully saturated rings. The maximum absolute atomic E-state index is 13.1. The summed E-state index contributed by atoms with van der Waals surface area (Å²) in [6, 6.07) is 3.25. The number of amides is 3. The van der Waals surface area contributed by atoms with Crippen LogP contribution in [0.15, 0.2) is 16.6 Å². The molecule has 1 saturated heterocycles. The number of methoxy groups -OCH3 is 2. The Balaban J connectivity index is 1.88. The topological polar surface area (TPSA) is 67.9 Å². The number of carbonyl (C=O) groups excluding carboxylic acids is 2. The summed E-state index contributed by atoms with van der Waals surface area (Å²) in [4.78, 5) is 26.9. The highest BCUT2D eigenvalue weighted by atomic mass is 79.9. The second kappa shape index (κ2) is 6.86. The first-order valence-electron chi connectivity index (χ1n) is 8.47. The molecule has 1 N–H and O–H groups in total. The molecule has 3 rings (SSSR count). The van der Waals surface area contributed by atoms with Crippen LogP contribution in [0.2, 0.25) is 0 Å². The molecule has 1 aliphatic heterocycles. The van der Waals surface area contributed by atoms with E-state index in [1.165, 1.54) is 4.90 Å². The average molecular weight is 411 g/mol. The fourth-order valence-electron chi connectivity index (χ4n) is 3.83. The third kappa shape index (κ3) is 2.99. The van der Waals surface area contributed by atoms with E-state index in [1.54, 1.807) is 26.4 Å². The van der Waals surface area contributed by atoms with Crippen molar-refractivity contribution in [3.8, 4) is 11.5 Å². The van der Waals surface area contributed by atoms with Crippen LogP contribution < -0.4 is 14.8 Å². The molecule has 0 aromatic heterocycles. The van der Waals surface area contributed by atoms with Gasteiger partial charge in [0.1, 0.15) is 5.54 Å². The summed E-state index contributed by atoms with van der Waals surface area (Å²) in [7, 11) is 3.12. The smallest absolute Gasteiger partial charge is 0.325 e. The summed E-state index contributed by atoms with van der Waals surface area (Å²) in [5.74, 6) is 1.18. The molecule has 1 aliphatic carbocycles. The minimum Gasteiger partial charge on any atom is -0.493 e. The second-order valence-electron chi connectivity index (χ2n) is 6.74. The Morgan fingerprint density at radius 3 is 2.56 bits per heavy atom. The van der Waals surface area contributed by atoms with Crippen LogP contribution >= 0.6 is 15.9 Å². The third-order valence-electron chi connectivity index (χ3n) is 5.38. The first-order chi connectivity index (χ1) is 11.9. The van der Waals surface area contributed by atoms with Gasteiger partial charge in [0.2, 0.25) is 0 Å². The van der Waals surface area contributed by atoms with Crippen molar-refractivity contribution in [3.63, 3.8) is 0 Å². The maximum Gasteiger partial charge on any atom is 0.325 e. The van der Waals surface area contributed by atoms with E-state index in [4.69, 9.17) is 9.47 Å². The third-order valence-corrected chi connectivity index (χ3v) is 6.12. The van der Waals surface area contributed by atoms with Crippen LogP contribution in [0.25, 0.3) is 0 Å². The molecule has 1 spiro atoms. The molecule has 1 aromatic carbocycles. The summed E-state index contributed by atoms with van der Waals surface area (Å²) in [5, 5.41) is 2.98. The lowest BCUT2D eigenvalue weighted by Crippen LogP contribution is -2.53. The molecule has 0 radical (unpaired) electrons. The van der Waals surface area contributed by atoms with Gasteiger partial charge < -0.3 is 14.8 Å². The van der Waals surface area contributed by atoms with Gasteiger partial charge in [-0.1, -0.05) is 35.7 Å². The van der Waals surface area contributed by atoms with Gasteiger partial charge in [-0.05, 0) is 36.5 Å². The van der Waals surface area contributed by atoms with E-state index in [2.05, 4.69) is 21.2 Å². The molecule has 136 valence electrons. The van der Waals surface area contributed by atoms with E-state index in [0.29, 0.717) is 17.9 Å². The molecule has 25 heavy (non-hydrogen) atoms. The Bertz CT molecular complexity index is 709. The monoisotopic (exact) mass is 410 g/mol. The highest BCUT2D eigenvalue weighted by Gasteiger charge is 2.54. The van der Waals surface area contributed by atoms with Crippen LogP contribution in [0, 0.1) is 5.92 Å². The standard InChI is InChI=1S/C18H23BrN2O4/c1-11-6-4-5-7-18(11)16(22)21(17(23)20-18)10-12-8-14(24-2)15(25-3)9-13(12)19/h8-9,11H,4-7,10H2,1-3H3,(H,20,23)/t11-,18+/m0/s1. The van der Waals surface area contributed by atoms with E-state index in [0.717, 1.165) is 29.3 Å². The minimum atomic E-state index is -0.738. The number of nitrogens with one attached hydrogen (secondary N) is 1. The summed E-state index contributed by atoms with van der Waals surface area (Å²) < 4.78 is 11.4. The van der Waals surface area contributed by atoms with Crippen molar-refractivity contribution in [2.24, 2.45) is 5.92 Å². The Kier molecular flexibility index (Phi) is 4.95. The van der Waals surface area contributed by atoms with E-state index in [9.17, 15) is 9.59 Å². The quantitative estimate of drug-likeness (QED) is 0.771. The van der Waals surface area contributed by atoms with Gasteiger partial charge in [0.05, 0.1) is 20.8 Å². The minimum absolute atomic E-state index is 0.119. The molecular formula is C18H23BrN2O4. The number of nitrogens with zero attached hydrogens (tertiary/aromatic N) is 1. The molecule has 1 saturated carbocycles. The zero-order chi connectivity index (χ0) is 18.2. The van der Waals surface area contributed by atoms with Gasteiger partial charge in [-0.2, -0.15) is 0 Å². The van der Waals surface area contributed by atoms with E-state index in [1.807, 2.05) is 6.92 Å². The van der Waals surface area contributed by atoms with Crippen LogP contribution in [-0.4, -0.2) is 36.6 Å². The predicted molar refractivity (Wildman–Crippen MR) is 96.7 cm³/mol. The number of rotatable bonds is 4. The maximum atomic E-state index is 13.1. The molecule has 1 aromatic rings.